The molecule has 11 heteroatoms. The van der Waals surface area contributed by atoms with Crippen molar-refractivity contribution in [1.82, 2.24) is 15.1 Å². The highest BCUT2D eigenvalue weighted by molar-refractivity contribution is 6.30. The van der Waals surface area contributed by atoms with E-state index in [1.54, 1.807) is 17.0 Å². The van der Waals surface area contributed by atoms with Crippen molar-refractivity contribution in [1.29, 1.82) is 0 Å². The average molecular weight is 686 g/mol. The van der Waals surface area contributed by atoms with Gasteiger partial charge in [0, 0.05) is 56.2 Å². The first-order valence-corrected chi connectivity index (χ1v) is 17.0. The molecule has 0 saturated carbocycles. The van der Waals surface area contributed by atoms with Crippen molar-refractivity contribution < 1.29 is 28.3 Å². The van der Waals surface area contributed by atoms with Crippen LogP contribution in [0.25, 0.3) is 11.0 Å². The normalized spacial score (nSPS) is 16.0. The molecule has 0 radical (unpaired) electrons. The van der Waals surface area contributed by atoms with E-state index in [-0.39, 0.29) is 40.9 Å². The number of amides is 3. The average Bonchev–Trinajstić information content (AvgIpc) is 3.12. The first-order chi connectivity index (χ1) is 23.7. The fraction of sp³-hybridized carbons (Fsp3) is 0.368. The van der Waals surface area contributed by atoms with E-state index in [4.69, 9.17) is 25.5 Å². The van der Waals surface area contributed by atoms with Gasteiger partial charge in [0.1, 0.15) is 11.6 Å². The molecule has 0 bridgehead atoms. The van der Waals surface area contributed by atoms with Gasteiger partial charge in [-0.15, -0.1) is 0 Å². The van der Waals surface area contributed by atoms with Gasteiger partial charge in [-0.3, -0.25) is 19.2 Å². The Morgan fingerprint density at radius 1 is 0.939 bits per heavy atom. The van der Waals surface area contributed by atoms with Crippen molar-refractivity contribution in [3.63, 3.8) is 0 Å². The van der Waals surface area contributed by atoms with Gasteiger partial charge in [-0.1, -0.05) is 48.0 Å². The summed E-state index contributed by atoms with van der Waals surface area (Å²) >= 11 is 6.11. The topological polar surface area (TPSA) is 118 Å². The zero-order valence-electron chi connectivity index (χ0n) is 27.7. The minimum absolute atomic E-state index is 0.155. The summed E-state index contributed by atoms with van der Waals surface area (Å²) in [5.41, 5.74) is 2.92. The van der Waals surface area contributed by atoms with Gasteiger partial charge in [-0.25, -0.2) is 0 Å². The molecule has 2 fully saturated rings. The molecule has 2 aliphatic rings. The third-order valence-corrected chi connectivity index (χ3v) is 9.75. The summed E-state index contributed by atoms with van der Waals surface area (Å²) in [6, 6.07) is 18.6. The Morgan fingerprint density at radius 3 is 2.37 bits per heavy atom. The van der Waals surface area contributed by atoms with Crippen molar-refractivity contribution in [2.24, 2.45) is 0 Å². The monoisotopic (exact) mass is 685 g/mol. The van der Waals surface area contributed by atoms with Crippen LogP contribution in [0.5, 0.6) is 11.5 Å². The summed E-state index contributed by atoms with van der Waals surface area (Å²) < 4.78 is 16.5. The van der Waals surface area contributed by atoms with Crippen LogP contribution in [0, 0.1) is 0 Å². The van der Waals surface area contributed by atoms with E-state index in [0.717, 1.165) is 49.4 Å². The number of carbonyl (C=O) groups is 3. The van der Waals surface area contributed by atoms with Crippen LogP contribution < -0.4 is 20.2 Å². The van der Waals surface area contributed by atoms with E-state index in [9.17, 15) is 19.2 Å². The Kier molecular flexibility index (Phi) is 10.5. The summed E-state index contributed by atoms with van der Waals surface area (Å²) in [5, 5.41) is 3.64. The quantitative estimate of drug-likeness (QED) is 0.227. The summed E-state index contributed by atoms with van der Waals surface area (Å²) in [7, 11) is 2.93. The second-order valence-corrected chi connectivity index (χ2v) is 13.0. The number of hydrogen-bond donors (Lipinski definition) is 1. The van der Waals surface area contributed by atoms with Gasteiger partial charge in [0.05, 0.1) is 19.6 Å². The van der Waals surface area contributed by atoms with E-state index in [0.29, 0.717) is 42.6 Å². The van der Waals surface area contributed by atoms with Gasteiger partial charge in [0.25, 0.3) is 5.91 Å². The van der Waals surface area contributed by atoms with Gasteiger partial charge in [0.15, 0.2) is 22.7 Å². The number of methoxy groups -OCH3 is 2. The Bertz CT molecular complexity index is 1900. The lowest BCUT2D eigenvalue weighted by Crippen LogP contribution is -2.51. The maximum atomic E-state index is 14.1. The zero-order chi connectivity index (χ0) is 34.5. The van der Waals surface area contributed by atoms with Crippen molar-refractivity contribution >= 4 is 40.3 Å². The number of fused-ring (bicyclic) bond motifs is 1. The molecule has 10 nitrogen and oxygen atoms in total. The first-order valence-electron chi connectivity index (χ1n) is 16.6. The third kappa shape index (κ3) is 7.75. The first kappa shape index (κ1) is 34.0. The minimum atomic E-state index is -0.922. The molecule has 0 unspecified atom stereocenters. The maximum absolute atomic E-state index is 14.1. The van der Waals surface area contributed by atoms with Crippen LogP contribution in [-0.4, -0.2) is 67.4 Å². The van der Waals surface area contributed by atoms with Gasteiger partial charge >= 0.3 is 0 Å². The van der Waals surface area contributed by atoms with Crippen LogP contribution in [0.2, 0.25) is 5.02 Å². The predicted molar refractivity (Wildman–Crippen MR) is 186 cm³/mol. The Balaban J connectivity index is 1.19. The van der Waals surface area contributed by atoms with Crippen LogP contribution in [0.4, 0.5) is 0 Å². The lowest BCUT2D eigenvalue weighted by molar-refractivity contribution is -0.135. The number of carbonyl (C=O) groups excluding carboxylic acids is 3. The Hall–Kier alpha value is -4.83. The number of piperidine rings is 2. The molecular formula is C38H40ClN3O7. The zero-order valence-corrected chi connectivity index (χ0v) is 28.5. The molecule has 0 aliphatic carbocycles. The van der Waals surface area contributed by atoms with Gasteiger partial charge in [0.2, 0.25) is 11.8 Å². The van der Waals surface area contributed by atoms with Crippen LogP contribution >= 0.6 is 11.6 Å². The standard InChI is InChI=1S/C38H40ClN3O7/c1-47-33-20-29-31(43)21-35(49-32(29)22-34(33)48-2)37(45)40-30(19-24-10-12-27(39)13-11-24)38(46)41-17-14-25(15-18-41)28-8-4-3-7-26(28)23-42-16-6-5-9-36(42)44/h3-4,7-8,10-13,20-22,25,30H,5-6,9,14-19,23H2,1-2H3,(H,40,45)/t30-/m1/s1. The lowest BCUT2D eigenvalue weighted by Gasteiger charge is -2.36. The number of benzene rings is 3. The number of rotatable bonds is 10. The molecule has 49 heavy (non-hydrogen) atoms. The fourth-order valence-electron chi connectivity index (χ4n) is 6.82. The van der Waals surface area contributed by atoms with E-state index >= 15 is 0 Å². The van der Waals surface area contributed by atoms with Crippen molar-refractivity contribution in [2.75, 3.05) is 33.9 Å². The lowest BCUT2D eigenvalue weighted by atomic mass is 9.86. The minimum Gasteiger partial charge on any atom is -0.493 e. The van der Waals surface area contributed by atoms with E-state index in [1.165, 1.54) is 31.9 Å². The molecule has 1 atom stereocenters. The summed E-state index contributed by atoms with van der Waals surface area (Å²) in [4.78, 5) is 57.0. The fourth-order valence-corrected chi connectivity index (χ4v) is 6.95. The number of ether oxygens (including phenoxy) is 2. The maximum Gasteiger partial charge on any atom is 0.287 e. The predicted octanol–water partition coefficient (Wildman–Crippen LogP) is 5.72. The molecular weight excluding hydrogens is 646 g/mol. The van der Waals surface area contributed by atoms with E-state index in [2.05, 4.69) is 17.4 Å². The van der Waals surface area contributed by atoms with Gasteiger partial charge in [-0.2, -0.15) is 0 Å². The molecule has 0 spiro atoms. The Labute approximate surface area is 289 Å². The number of likely N-dealkylation sites (tertiary alicyclic amines) is 2. The highest BCUT2D eigenvalue weighted by Crippen LogP contribution is 2.33. The van der Waals surface area contributed by atoms with E-state index in [1.807, 2.05) is 29.2 Å². The highest BCUT2D eigenvalue weighted by atomic mass is 35.5. The summed E-state index contributed by atoms with van der Waals surface area (Å²) in [6.07, 6.45) is 4.31. The molecule has 1 N–H and O–H groups in total. The number of halogens is 1. The second kappa shape index (κ2) is 15.2. The SMILES string of the molecule is COc1cc2oc(C(=O)N[C@H](Cc3ccc(Cl)cc3)C(=O)N3CCC(c4ccccc4CN4CCCCC4=O)CC3)cc(=O)c2cc1OC. The summed E-state index contributed by atoms with van der Waals surface area (Å²) in [5.74, 6) is 0.0295. The van der Waals surface area contributed by atoms with E-state index < -0.39 is 17.4 Å². The Morgan fingerprint density at radius 2 is 1.65 bits per heavy atom. The largest absolute Gasteiger partial charge is 0.493 e. The molecule has 3 aromatic carbocycles. The number of nitrogens with one attached hydrogen (secondary N) is 1. The van der Waals surface area contributed by atoms with Crippen LogP contribution in [0.15, 0.2) is 75.9 Å². The highest BCUT2D eigenvalue weighted by Gasteiger charge is 2.32. The summed E-state index contributed by atoms with van der Waals surface area (Å²) in [6.45, 7) is 2.42. The molecule has 256 valence electrons. The molecule has 4 aromatic rings. The molecule has 2 saturated heterocycles. The van der Waals surface area contributed by atoms with Crippen LogP contribution in [0.3, 0.4) is 0 Å². The number of hydrogen-bond acceptors (Lipinski definition) is 7. The molecule has 1 aromatic heterocycles. The number of nitrogens with zero attached hydrogens (tertiary/aromatic N) is 2. The molecule has 3 heterocycles. The van der Waals surface area contributed by atoms with Crippen molar-refractivity contribution in [3.8, 4) is 11.5 Å². The molecule has 6 rings (SSSR count). The second-order valence-electron chi connectivity index (χ2n) is 12.6. The molecule has 2 aliphatic heterocycles. The van der Waals surface area contributed by atoms with Gasteiger partial charge in [-0.05, 0) is 66.5 Å². The third-order valence-electron chi connectivity index (χ3n) is 9.50. The van der Waals surface area contributed by atoms with Crippen molar-refractivity contribution in [3.05, 3.63) is 104 Å². The van der Waals surface area contributed by atoms with Crippen molar-refractivity contribution in [2.45, 2.75) is 57.0 Å². The van der Waals surface area contributed by atoms with Gasteiger partial charge < -0.3 is 29.0 Å². The van der Waals surface area contributed by atoms with Crippen LogP contribution in [-0.2, 0) is 22.6 Å². The van der Waals surface area contributed by atoms with Crippen LogP contribution in [0.1, 0.15) is 65.3 Å². The smallest absolute Gasteiger partial charge is 0.287 e. The molecule has 3 amide bonds.